The van der Waals surface area contributed by atoms with Crippen molar-refractivity contribution in [1.82, 2.24) is 5.32 Å². The molecule has 5 nitrogen and oxygen atoms in total. The number of nitrogens with one attached hydrogen (secondary N) is 1. The molecule has 2 N–H and O–H groups in total. The minimum atomic E-state index is -0.877. The van der Waals surface area contributed by atoms with Gasteiger partial charge in [-0.05, 0) is 53.9 Å². The Morgan fingerprint density at radius 3 is 2.14 bits per heavy atom. The van der Waals surface area contributed by atoms with Crippen molar-refractivity contribution in [3.05, 3.63) is 59.7 Å². The molecule has 0 atom stereocenters. The van der Waals surface area contributed by atoms with Gasteiger partial charge in [0, 0.05) is 12.5 Å². The molecule has 1 fully saturated rings. The van der Waals surface area contributed by atoms with Gasteiger partial charge in [-0.15, -0.1) is 0 Å². The third-order valence-corrected chi connectivity index (χ3v) is 6.60. The molecule has 0 heterocycles. The van der Waals surface area contributed by atoms with Crippen LogP contribution < -0.4 is 5.32 Å². The van der Waals surface area contributed by atoms with E-state index in [2.05, 4.69) is 36.5 Å². The summed E-state index contributed by atoms with van der Waals surface area (Å²) in [5, 5.41) is 12.4. The number of rotatable bonds is 5. The third kappa shape index (κ3) is 3.74. The third-order valence-electron chi connectivity index (χ3n) is 6.60. The van der Waals surface area contributed by atoms with Crippen LogP contribution in [-0.4, -0.2) is 30.3 Å². The molecule has 0 saturated heterocycles. The van der Waals surface area contributed by atoms with Crippen molar-refractivity contribution in [3.8, 4) is 11.1 Å². The van der Waals surface area contributed by atoms with Crippen molar-refractivity contribution in [2.75, 3.05) is 13.2 Å². The van der Waals surface area contributed by atoms with Gasteiger partial charge in [0.2, 0.25) is 0 Å². The van der Waals surface area contributed by atoms with Gasteiger partial charge < -0.3 is 15.2 Å². The van der Waals surface area contributed by atoms with Crippen LogP contribution in [0.1, 0.15) is 49.7 Å². The van der Waals surface area contributed by atoms with Crippen LogP contribution >= 0.6 is 0 Å². The molecule has 2 aromatic rings. The molecule has 0 unspecified atom stereocenters. The monoisotopic (exact) mass is 393 g/mol. The first-order chi connectivity index (χ1) is 14.0. The summed E-state index contributed by atoms with van der Waals surface area (Å²) < 4.78 is 5.53. The number of carboxylic acid groups (broad SMARTS) is 1. The van der Waals surface area contributed by atoms with Crippen molar-refractivity contribution in [3.63, 3.8) is 0 Å². The molecule has 4 rings (SSSR count). The zero-order chi connectivity index (χ0) is 20.4. The van der Waals surface area contributed by atoms with E-state index in [4.69, 9.17) is 4.74 Å². The summed E-state index contributed by atoms with van der Waals surface area (Å²) in [4.78, 5) is 24.2. The summed E-state index contributed by atoms with van der Waals surface area (Å²) in [5.41, 5.74) is 3.80. The Kier molecular flexibility index (Phi) is 5.31. The fraction of sp³-hybridized carbons (Fsp3) is 0.417. The van der Waals surface area contributed by atoms with Crippen LogP contribution in [0.5, 0.6) is 0 Å². The number of hydrogen-bond acceptors (Lipinski definition) is 3. The fourth-order valence-electron chi connectivity index (χ4n) is 4.67. The molecule has 1 amide bonds. The summed E-state index contributed by atoms with van der Waals surface area (Å²) in [7, 11) is 0. The maximum atomic E-state index is 12.4. The zero-order valence-corrected chi connectivity index (χ0v) is 16.7. The lowest BCUT2D eigenvalue weighted by Crippen LogP contribution is -2.45. The second-order valence-electron chi connectivity index (χ2n) is 8.45. The molecule has 2 aliphatic carbocycles. The fourth-order valence-corrected chi connectivity index (χ4v) is 4.67. The average Bonchev–Trinajstić information content (AvgIpc) is 3.06. The van der Waals surface area contributed by atoms with Crippen LogP contribution in [0.15, 0.2) is 48.5 Å². The molecule has 0 bridgehead atoms. The molecular formula is C24H27NO4. The predicted molar refractivity (Wildman–Crippen MR) is 111 cm³/mol. The van der Waals surface area contributed by atoms with E-state index in [-0.39, 0.29) is 19.1 Å². The summed E-state index contributed by atoms with van der Waals surface area (Å²) in [6.07, 6.45) is 2.38. The Morgan fingerprint density at radius 2 is 1.59 bits per heavy atom. The molecule has 0 aliphatic heterocycles. The number of amides is 1. The number of carbonyl (C=O) groups excluding carboxylic acids is 1. The van der Waals surface area contributed by atoms with Gasteiger partial charge in [-0.2, -0.15) is 0 Å². The normalized spacial score (nSPS) is 23.1. The van der Waals surface area contributed by atoms with Gasteiger partial charge in [0.25, 0.3) is 0 Å². The molecular weight excluding hydrogens is 366 g/mol. The number of ether oxygens (including phenoxy) is 1. The Balaban J connectivity index is 1.39. The zero-order valence-electron chi connectivity index (χ0n) is 16.7. The Morgan fingerprint density at radius 1 is 1.03 bits per heavy atom. The minimum absolute atomic E-state index is 0.00267. The molecule has 2 aromatic carbocycles. The number of aliphatic carboxylic acids is 1. The average molecular weight is 393 g/mol. The summed E-state index contributed by atoms with van der Waals surface area (Å²) in [6, 6.07) is 16.4. The van der Waals surface area contributed by atoms with Crippen molar-refractivity contribution in [1.29, 1.82) is 0 Å². The molecule has 5 heteroatoms. The number of benzene rings is 2. The van der Waals surface area contributed by atoms with Crippen LogP contribution in [0.3, 0.4) is 0 Å². The second kappa shape index (κ2) is 7.90. The molecule has 2 aliphatic rings. The van der Waals surface area contributed by atoms with Crippen LogP contribution in [-0.2, 0) is 9.53 Å². The minimum Gasteiger partial charge on any atom is -0.481 e. The smallest absolute Gasteiger partial charge is 0.407 e. The molecule has 152 valence electrons. The number of alkyl carbamates (subject to hydrolysis) is 1. The number of fused-ring (bicyclic) bond motifs is 3. The summed E-state index contributed by atoms with van der Waals surface area (Å²) in [5.74, 6) is -0.294. The Hall–Kier alpha value is -2.82. The van der Waals surface area contributed by atoms with E-state index >= 15 is 0 Å². The van der Waals surface area contributed by atoms with E-state index in [9.17, 15) is 14.7 Å². The molecule has 0 radical (unpaired) electrons. The van der Waals surface area contributed by atoms with E-state index in [0.717, 1.165) is 24.0 Å². The van der Waals surface area contributed by atoms with Gasteiger partial charge in [-0.3, -0.25) is 4.79 Å². The Bertz CT molecular complexity index is 869. The molecule has 0 aromatic heterocycles. The molecule has 29 heavy (non-hydrogen) atoms. The summed E-state index contributed by atoms with van der Waals surface area (Å²) in [6.45, 7) is 2.49. The first-order valence-electron chi connectivity index (χ1n) is 10.3. The number of carboxylic acids is 1. The van der Waals surface area contributed by atoms with Crippen molar-refractivity contribution in [2.45, 2.75) is 38.5 Å². The van der Waals surface area contributed by atoms with Crippen molar-refractivity contribution in [2.24, 2.45) is 11.3 Å². The molecule has 0 spiro atoms. The SMILES string of the molecule is CC1CCC(CNC(=O)OCC2c3ccccc3-c3ccccc32)(C(=O)O)CC1. The van der Waals surface area contributed by atoms with Crippen LogP contribution in [0, 0.1) is 11.3 Å². The van der Waals surface area contributed by atoms with Crippen LogP contribution in [0.25, 0.3) is 11.1 Å². The van der Waals surface area contributed by atoms with E-state index in [1.165, 1.54) is 11.1 Å². The maximum Gasteiger partial charge on any atom is 0.407 e. The second-order valence-corrected chi connectivity index (χ2v) is 8.45. The van der Waals surface area contributed by atoms with Gasteiger partial charge in [-0.1, -0.05) is 55.5 Å². The van der Waals surface area contributed by atoms with Gasteiger partial charge >= 0.3 is 12.1 Å². The van der Waals surface area contributed by atoms with E-state index in [1.807, 2.05) is 24.3 Å². The quantitative estimate of drug-likeness (QED) is 0.765. The first kappa shape index (κ1) is 19.5. The predicted octanol–water partition coefficient (Wildman–Crippen LogP) is 4.81. The lowest BCUT2D eigenvalue weighted by atomic mass is 9.71. The van der Waals surface area contributed by atoms with Crippen LogP contribution in [0.4, 0.5) is 4.79 Å². The van der Waals surface area contributed by atoms with Gasteiger partial charge in [0.15, 0.2) is 0 Å². The lowest BCUT2D eigenvalue weighted by Gasteiger charge is -2.35. The standard InChI is InChI=1S/C24H27NO4/c1-16-10-12-24(13-11-16,22(26)27)15-25-23(28)29-14-21-19-8-4-2-6-17(19)18-7-3-5-9-20(18)21/h2-9,16,21H,10-15H2,1H3,(H,25,28)(H,26,27). The lowest BCUT2D eigenvalue weighted by molar-refractivity contribution is -0.151. The highest BCUT2D eigenvalue weighted by Gasteiger charge is 2.41. The van der Waals surface area contributed by atoms with E-state index in [0.29, 0.717) is 18.8 Å². The highest BCUT2D eigenvalue weighted by molar-refractivity contribution is 5.79. The largest absolute Gasteiger partial charge is 0.481 e. The van der Waals surface area contributed by atoms with E-state index < -0.39 is 17.5 Å². The number of carbonyl (C=O) groups is 2. The molecule has 1 saturated carbocycles. The maximum absolute atomic E-state index is 12.4. The van der Waals surface area contributed by atoms with Crippen LogP contribution in [0.2, 0.25) is 0 Å². The summed E-state index contributed by atoms with van der Waals surface area (Å²) >= 11 is 0. The number of hydrogen-bond donors (Lipinski definition) is 2. The van der Waals surface area contributed by atoms with Gasteiger partial charge in [0.1, 0.15) is 6.61 Å². The topological polar surface area (TPSA) is 75.6 Å². The highest BCUT2D eigenvalue weighted by atomic mass is 16.5. The van der Waals surface area contributed by atoms with Gasteiger partial charge in [-0.25, -0.2) is 4.79 Å². The first-order valence-corrected chi connectivity index (χ1v) is 10.3. The van der Waals surface area contributed by atoms with Gasteiger partial charge in [0.05, 0.1) is 5.41 Å². The van der Waals surface area contributed by atoms with E-state index in [1.54, 1.807) is 0 Å². The van der Waals surface area contributed by atoms with Crippen molar-refractivity contribution < 1.29 is 19.4 Å². The van der Waals surface area contributed by atoms with Crippen molar-refractivity contribution >= 4 is 12.1 Å². The highest BCUT2D eigenvalue weighted by Crippen LogP contribution is 2.44. The Labute approximate surface area is 171 Å².